The van der Waals surface area contributed by atoms with Crippen molar-refractivity contribution >= 4 is 23.2 Å². The van der Waals surface area contributed by atoms with E-state index in [9.17, 15) is 9.59 Å². The van der Waals surface area contributed by atoms with Crippen LogP contribution in [0.5, 0.6) is 0 Å². The van der Waals surface area contributed by atoms with E-state index < -0.39 is 12.0 Å². The van der Waals surface area contributed by atoms with Gasteiger partial charge in [0.2, 0.25) is 11.8 Å². The Morgan fingerprint density at radius 3 is 2.25 bits per heavy atom. The number of carbonyl (C=O) groups excluding carboxylic acids is 2. The number of anilines is 2. The molecule has 0 aromatic heterocycles. The van der Waals surface area contributed by atoms with Gasteiger partial charge in [-0.3, -0.25) is 15.0 Å². The molecule has 24 heavy (non-hydrogen) atoms. The average Bonchev–Trinajstić information content (AvgIpc) is 3.08. The molecule has 0 radical (unpaired) electrons. The summed E-state index contributed by atoms with van der Waals surface area (Å²) in [5, 5.41) is 5.68. The Kier molecular flexibility index (Phi) is 4.88. The molecule has 6 nitrogen and oxygen atoms in total. The van der Waals surface area contributed by atoms with Crippen LogP contribution in [0.4, 0.5) is 11.4 Å². The van der Waals surface area contributed by atoms with Gasteiger partial charge in [0, 0.05) is 17.9 Å². The summed E-state index contributed by atoms with van der Waals surface area (Å²) in [5.74, 6) is -0.921. The van der Waals surface area contributed by atoms with Crippen LogP contribution in [0.15, 0.2) is 54.6 Å². The lowest BCUT2D eigenvalue weighted by molar-refractivity contribution is -0.125. The highest BCUT2D eigenvalue weighted by Gasteiger charge is 2.37. The number of benzene rings is 2. The number of hydrogen-bond acceptors (Lipinski definition) is 4. The van der Waals surface area contributed by atoms with Crippen molar-refractivity contribution < 1.29 is 9.59 Å². The van der Waals surface area contributed by atoms with Gasteiger partial charge in [0.25, 0.3) is 0 Å². The first kappa shape index (κ1) is 16.2. The highest BCUT2D eigenvalue weighted by molar-refractivity contribution is 6.02. The Labute approximate surface area is 140 Å². The molecule has 1 fully saturated rings. The molecule has 6 heteroatoms. The molecule has 0 bridgehead atoms. The third-order valence-corrected chi connectivity index (χ3v) is 3.96. The predicted molar refractivity (Wildman–Crippen MR) is 93.3 cm³/mol. The Hall–Kier alpha value is -2.70. The summed E-state index contributed by atoms with van der Waals surface area (Å²) in [7, 11) is 0. The molecule has 1 heterocycles. The van der Waals surface area contributed by atoms with Gasteiger partial charge in [0.15, 0.2) is 0 Å². The van der Waals surface area contributed by atoms with Gasteiger partial charge in [-0.15, -0.1) is 0 Å². The van der Waals surface area contributed by atoms with Crippen LogP contribution in [-0.2, 0) is 9.59 Å². The van der Waals surface area contributed by atoms with Crippen molar-refractivity contribution in [2.75, 3.05) is 17.2 Å². The van der Waals surface area contributed by atoms with Crippen molar-refractivity contribution in [3.8, 4) is 0 Å². The molecule has 3 rings (SSSR count). The van der Waals surface area contributed by atoms with Crippen molar-refractivity contribution in [1.29, 1.82) is 0 Å². The van der Waals surface area contributed by atoms with Gasteiger partial charge < -0.3 is 10.6 Å². The second-order valence-electron chi connectivity index (χ2n) is 5.82. The van der Waals surface area contributed by atoms with E-state index in [2.05, 4.69) is 21.5 Å². The number of hydrazine groups is 1. The standard InChI is InChI=1S/C18H20N4O2/c1-12-7-9-14(10-8-12)20-17(23)15-11-19-22-16(15)18(24)21-13-5-3-2-4-6-13/h2-10,15-16,19,22H,11H2,1H3,(H,20,23)(H,21,24). The number of carbonyl (C=O) groups is 2. The third-order valence-electron chi connectivity index (χ3n) is 3.96. The summed E-state index contributed by atoms with van der Waals surface area (Å²) in [6, 6.07) is 16.1. The molecule has 124 valence electrons. The van der Waals surface area contributed by atoms with E-state index in [-0.39, 0.29) is 11.8 Å². The second-order valence-corrected chi connectivity index (χ2v) is 5.82. The van der Waals surface area contributed by atoms with E-state index >= 15 is 0 Å². The summed E-state index contributed by atoms with van der Waals surface area (Å²) in [5.41, 5.74) is 8.32. The fourth-order valence-electron chi connectivity index (χ4n) is 2.60. The lowest BCUT2D eigenvalue weighted by Gasteiger charge is -2.18. The van der Waals surface area contributed by atoms with Crippen LogP contribution < -0.4 is 21.5 Å². The van der Waals surface area contributed by atoms with Gasteiger partial charge in [-0.05, 0) is 31.2 Å². The van der Waals surface area contributed by atoms with E-state index in [1.807, 2.05) is 61.5 Å². The smallest absolute Gasteiger partial charge is 0.243 e. The van der Waals surface area contributed by atoms with E-state index in [0.717, 1.165) is 11.3 Å². The zero-order valence-electron chi connectivity index (χ0n) is 13.4. The van der Waals surface area contributed by atoms with Crippen LogP contribution in [0, 0.1) is 12.8 Å². The number of aryl methyl sites for hydroxylation is 1. The molecule has 1 aliphatic rings. The normalized spacial score (nSPS) is 19.7. The number of hydrogen-bond donors (Lipinski definition) is 4. The lowest BCUT2D eigenvalue weighted by Crippen LogP contribution is -2.45. The van der Waals surface area contributed by atoms with Gasteiger partial charge in [0.05, 0.1) is 5.92 Å². The van der Waals surface area contributed by atoms with E-state index in [0.29, 0.717) is 12.2 Å². The van der Waals surface area contributed by atoms with Gasteiger partial charge in [-0.2, -0.15) is 0 Å². The molecular formula is C18H20N4O2. The monoisotopic (exact) mass is 324 g/mol. The van der Waals surface area contributed by atoms with Crippen LogP contribution in [0.1, 0.15) is 5.56 Å². The van der Waals surface area contributed by atoms with E-state index in [1.54, 1.807) is 0 Å². The fraction of sp³-hybridized carbons (Fsp3) is 0.222. The minimum atomic E-state index is -0.629. The maximum Gasteiger partial charge on any atom is 0.243 e. The first-order chi connectivity index (χ1) is 11.6. The molecule has 1 saturated heterocycles. The maximum absolute atomic E-state index is 12.5. The van der Waals surface area contributed by atoms with Crippen molar-refractivity contribution in [3.05, 3.63) is 60.2 Å². The molecule has 0 aliphatic carbocycles. The molecule has 2 aromatic rings. The van der Waals surface area contributed by atoms with Crippen molar-refractivity contribution in [3.63, 3.8) is 0 Å². The quantitative estimate of drug-likeness (QED) is 0.689. The molecule has 2 unspecified atom stereocenters. The summed E-state index contributed by atoms with van der Waals surface area (Å²) in [6.07, 6.45) is 0. The Morgan fingerprint density at radius 1 is 0.917 bits per heavy atom. The maximum atomic E-state index is 12.5. The van der Waals surface area contributed by atoms with Gasteiger partial charge >= 0.3 is 0 Å². The van der Waals surface area contributed by atoms with Crippen LogP contribution in [0.2, 0.25) is 0 Å². The molecule has 0 spiro atoms. The summed E-state index contributed by atoms with van der Waals surface area (Å²) >= 11 is 0. The molecule has 2 aromatic carbocycles. The highest BCUT2D eigenvalue weighted by atomic mass is 16.2. The van der Waals surface area contributed by atoms with Gasteiger partial charge in [-0.25, -0.2) is 5.43 Å². The minimum absolute atomic E-state index is 0.190. The molecule has 0 saturated carbocycles. The molecule has 2 amide bonds. The Morgan fingerprint density at radius 2 is 1.54 bits per heavy atom. The van der Waals surface area contributed by atoms with Crippen LogP contribution in [0.3, 0.4) is 0 Å². The molecular weight excluding hydrogens is 304 g/mol. The minimum Gasteiger partial charge on any atom is -0.326 e. The average molecular weight is 324 g/mol. The van der Waals surface area contributed by atoms with Crippen molar-refractivity contribution in [2.24, 2.45) is 5.92 Å². The first-order valence-corrected chi connectivity index (χ1v) is 7.85. The number of rotatable bonds is 4. The van der Waals surface area contributed by atoms with Crippen LogP contribution in [0.25, 0.3) is 0 Å². The second kappa shape index (κ2) is 7.25. The summed E-state index contributed by atoms with van der Waals surface area (Å²) < 4.78 is 0. The third kappa shape index (κ3) is 3.79. The van der Waals surface area contributed by atoms with Crippen molar-refractivity contribution in [1.82, 2.24) is 10.9 Å². The number of amides is 2. The van der Waals surface area contributed by atoms with Crippen LogP contribution >= 0.6 is 0 Å². The van der Waals surface area contributed by atoms with E-state index in [1.165, 1.54) is 0 Å². The summed E-state index contributed by atoms with van der Waals surface area (Å²) in [4.78, 5) is 24.9. The number of nitrogens with one attached hydrogen (secondary N) is 4. The Balaban J connectivity index is 1.65. The van der Waals surface area contributed by atoms with Crippen LogP contribution in [-0.4, -0.2) is 24.4 Å². The van der Waals surface area contributed by atoms with Gasteiger partial charge in [-0.1, -0.05) is 35.9 Å². The van der Waals surface area contributed by atoms with Crippen molar-refractivity contribution in [2.45, 2.75) is 13.0 Å². The Bertz CT molecular complexity index is 716. The zero-order valence-corrected chi connectivity index (χ0v) is 13.4. The predicted octanol–water partition coefficient (Wildman–Crippen LogP) is 1.66. The molecule has 2 atom stereocenters. The first-order valence-electron chi connectivity index (χ1n) is 7.85. The topological polar surface area (TPSA) is 82.3 Å². The fourth-order valence-corrected chi connectivity index (χ4v) is 2.60. The van der Waals surface area contributed by atoms with E-state index in [4.69, 9.17) is 0 Å². The molecule has 4 N–H and O–H groups in total. The SMILES string of the molecule is Cc1ccc(NC(=O)C2CNNC2C(=O)Nc2ccccc2)cc1. The highest BCUT2D eigenvalue weighted by Crippen LogP contribution is 2.16. The summed E-state index contributed by atoms with van der Waals surface area (Å²) in [6.45, 7) is 2.38. The molecule has 1 aliphatic heterocycles. The number of para-hydroxylation sites is 1. The zero-order chi connectivity index (χ0) is 16.9. The largest absolute Gasteiger partial charge is 0.326 e. The lowest BCUT2D eigenvalue weighted by atomic mass is 10.00. The van der Waals surface area contributed by atoms with Gasteiger partial charge in [0.1, 0.15) is 6.04 Å².